The quantitative estimate of drug-likeness (QED) is 0.100. The van der Waals surface area contributed by atoms with Crippen molar-refractivity contribution in [2.24, 2.45) is 0 Å². The molecule has 2 nitrogen and oxygen atoms in total. The third-order valence-electron chi connectivity index (χ3n) is 5.44. The molecule has 29 heavy (non-hydrogen) atoms. The molecule has 0 N–H and O–H groups in total. The van der Waals surface area contributed by atoms with E-state index >= 15 is 0 Å². The highest BCUT2D eigenvalue weighted by Crippen LogP contribution is 2.14. The molecule has 0 aliphatic heterocycles. The van der Waals surface area contributed by atoms with Crippen LogP contribution in [0.4, 0.5) is 0 Å². The second-order valence-electron chi connectivity index (χ2n) is 8.23. The lowest BCUT2D eigenvalue weighted by atomic mass is 10.0. The Kier molecular flexibility index (Phi) is 17.3. The highest BCUT2D eigenvalue weighted by atomic mass is 16.5. The van der Waals surface area contributed by atoms with Gasteiger partial charge < -0.3 is 4.74 Å². The first-order valence-electron chi connectivity index (χ1n) is 12.3. The van der Waals surface area contributed by atoms with E-state index in [2.05, 4.69) is 6.92 Å². The van der Waals surface area contributed by atoms with Crippen molar-refractivity contribution < 1.29 is 9.53 Å². The van der Waals surface area contributed by atoms with Crippen LogP contribution in [0, 0.1) is 0 Å². The summed E-state index contributed by atoms with van der Waals surface area (Å²) in [7, 11) is 0. The fourth-order valence-electron chi connectivity index (χ4n) is 3.63. The van der Waals surface area contributed by atoms with Crippen molar-refractivity contribution in [3.05, 3.63) is 42.5 Å². The average molecular weight is 401 g/mol. The van der Waals surface area contributed by atoms with E-state index in [4.69, 9.17) is 4.74 Å². The highest BCUT2D eigenvalue weighted by molar-refractivity contribution is 5.83. The van der Waals surface area contributed by atoms with Gasteiger partial charge >= 0.3 is 5.97 Å². The molecule has 1 aromatic rings. The van der Waals surface area contributed by atoms with Gasteiger partial charge in [-0.05, 0) is 25.0 Å². The number of hydrogen-bond acceptors (Lipinski definition) is 2. The molecule has 0 unspecified atom stereocenters. The van der Waals surface area contributed by atoms with Crippen LogP contribution in [0.1, 0.15) is 116 Å². The van der Waals surface area contributed by atoms with Gasteiger partial charge in [0.25, 0.3) is 0 Å². The van der Waals surface area contributed by atoms with Crippen LogP contribution in [-0.2, 0) is 4.79 Å². The summed E-state index contributed by atoms with van der Waals surface area (Å²) in [6, 6.07) is 9.22. The molecule has 1 rings (SSSR count). The minimum absolute atomic E-state index is 0.285. The van der Waals surface area contributed by atoms with Gasteiger partial charge in [0.05, 0.1) is 0 Å². The van der Waals surface area contributed by atoms with E-state index < -0.39 is 0 Å². The molecule has 0 atom stereocenters. The first kappa shape index (κ1) is 25.5. The molecule has 1 aromatic carbocycles. The Bertz CT molecular complexity index is 507. The molecule has 0 aliphatic carbocycles. The second-order valence-corrected chi connectivity index (χ2v) is 8.23. The van der Waals surface area contributed by atoms with Gasteiger partial charge in [-0.15, -0.1) is 0 Å². The monoisotopic (exact) mass is 400 g/mol. The summed E-state index contributed by atoms with van der Waals surface area (Å²) in [5, 5.41) is 0. The number of carbonyl (C=O) groups excluding carboxylic acids is 1. The smallest absolute Gasteiger partial charge is 0.335 e. The van der Waals surface area contributed by atoms with Gasteiger partial charge in [-0.25, -0.2) is 4.79 Å². The molecule has 0 aliphatic rings. The number of hydrogen-bond donors (Lipinski definition) is 0. The molecular weight excluding hydrogens is 356 g/mol. The van der Waals surface area contributed by atoms with E-state index in [-0.39, 0.29) is 5.97 Å². The van der Waals surface area contributed by atoms with Crippen LogP contribution in [0.2, 0.25) is 0 Å². The molecule has 0 radical (unpaired) electrons. The van der Waals surface area contributed by atoms with Gasteiger partial charge in [0, 0.05) is 6.08 Å². The maximum absolute atomic E-state index is 11.7. The van der Waals surface area contributed by atoms with E-state index in [1.54, 1.807) is 18.2 Å². The van der Waals surface area contributed by atoms with Crippen LogP contribution in [0.3, 0.4) is 0 Å². The Morgan fingerprint density at radius 1 is 0.690 bits per heavy atom. The number of ether oxygens (including phenoxy) is 1. The number of benzene rings is 1. The summed E-state index contributed by atoms with van der Waals surface area (Å²) in [4.78, 5) is 11.7. The number of carbonyl (C=O) groups is 1. The highest BCUT2D eigenvalue weighted by Gasteiger charge is 1.98. The van der Waals surface area contributed by atoms with Crippen molar-refractivity contribution in [1.29, 1.82) is 0 Å². The van der Waals surface area contributed by atoms with Crippen LogP contribution >= 0.6 is 0 Å². The summed E-state index contributed by atoms with van der Waals surface area (Å²) in [6.45, 7) is 2.28. The fourth-order valence-corrected chi connectivity index (χ4v) is 3.63. The molecule has 0 spiro atoms. The van der Waals surface area contributed by atoms with E-state index in [9.17, 15) is 4.79 Å². The molecule has 0 amide bonds. The minimum Gasteiger partial charge on any atom is -0.423 e. The van der Waals surface area contributed by atoms with Gasteiger partial charge in [-0.1, -0.05) is 128 Å². The van der Waals surface area contributed by atoms with E-state index in [1.807, 2.05) is 24.3 Å². The molecule has 0 saturated heterocycles. The Morgan fingerprint density at radius 2 is 1.14 bits per heavy atom. The van der Waals surface area contributed by atoms with Gasteiger partial charge in [-0.2, -0.15) is 0 Å². The summed E-state index contributed by atoms with van der Waals surface area (Å²) < 4.78 is 5.22. The number of unbranched alkanes of at least 4 members (excludes halogenated alkanes) is 16. The number of rotatable bonds is 19. The number of esters is 1. The third kappa shape index (κ3) is 17.0. The van der Waals surface area contributed by atoms with Gasteiger partial charge in [-0.3, -0.25) is 0 Å². The number of allylic oxidation sites excluding steroid dienone is 1. The minimum atomic E-state index is -0.285. The Morgan fingerprint density at radius 3 is 1.62 bits per heavy atom. The fraction of sp³-hybridized carbons (Fsp3) is 0.667. The molecule has 0 saturated carbocycles. The van der Waals surface area contributed by atoms with Crippen molar-refractivity contribution in [2.45, 2.75) is 116 Å². The normalized spacial score (nSPS) is 11.2. The van der Waals surface area contributed by atoms with E-state index in [1.165, 1.54) is 96.3 Å². The molecule has 0 fully saturated rings. The van der Waals surface area contributed by atoms with Crippen LogP contribution in [0.5, 0.6) is 5.75 Å². The summed E-state index contributed by atoms with van der Waals surface area (Å²) in [6.07, 6.45) is 26.6. The lowest BCUT2D eigenvalue weighted by molar-refractivity contribution is -0.129. The van der Waals surface area contributed by atoms with Crippen LogP contribution in [0.25, 0.3) is 0 Å². The van der Waals surface area contributed by atoms with Gasteiger partial charge in [0.1, 0.15) is 5.75 Å². The first-order valence-corrected chi connectivity index (χ1v) is 12.3. The topological polar surface area (TPSA) is 26.3 Å². The summed E-state index contributed by atoms with van der Waals surface area (Å²) >= 11 is 0. The Balaban J connectivity index is 1.78. The van der Waals surface area contributed by atoms with Crippen molar-refractivity contribution in [1.82, 2.24) is 0 Å². The van der Waals surface area contributed by atoms with Gasteiger partial charge in [0.2, 0.25) is 0 Å². The Labute approximate surface area is 180 Å². The average Bonchev–Trinajstić information content (AvgIpc) is 2.73. The largest absolute Gasteiger partial charge is 0.423 e. The first-order chi connectivity index (χ1) is 14.3. The maximum Gasteiger partial charge on any atom is 0.335 e. The SMILES string of the molecule is CCCCCCCCCCCCCCCCCCC=CC(=O)Oc1ccccc1. The maximum atomic E-state index is 11.7. The van der Waals surface area contributed by atoms with E-state index in [0.29, 0.717) is 5.75 Å². The van der Waals surface area contributed by atoms with Crippen LogP contribution in [-0.4, -0.2) is 5.97 Å². The molecular formula is C27H44O2. The zero-order valence-corrected chi connectivity index (χ0v) is 18.9. The second kappa shape index (κ2) is 19.7. The number of para-hydroxylation sites is 1. The Hall–Kier alpha value is -1.57. The zero-order chi connectivity index (χ0) is 20.8. The predicted molar refractivity (Wildman–Crippen MR) is 125 cm³/mol. The van der Waals surface area contributed by atoms with Gasteiger partial charge in [0.15, 0.2) is 0 Å². The predicted octanol–water partition coefficient (Wildman–Crippen LogP) is 8.80. The molecule has 2 heteroatoms. The standard InChI is InChI=1S/C27H44O2/c1-2-3-4-5-6-7-8-9-10-11-12-13-14-15-16-17-18-22-25-27(28)29-26-23-20-19-21-24-26/h19-25H,2-18H2,1H3. The van der Waals surface area contributed by atoms with Crippen molar-refractivity contribution in [3.63, 3.8) is 0 Å². The molecule has 0 aromatic heterocycles. The third-order valence-corrected chi connectivity index (χ3v) is 5.44. The van der Waals surface area contributed by atoms with E-state index in [0.717, 1.165) is 12.8 Å². The molecule has 164 valence electrons. The van der Waals surface area contributed by atoms with Crippen molar-refractivity contribution in [3.8, 4) is 5.75 Å². The summed E-state index contributed by atoms with van der Waals surface area (Å²) in [5.74, 6) is 0.317. The summed E-state index contributed by atoms with van der Waals surface area (Å²) in [5.41, 5.74) is 0. The van der Waals surface area contributed by atoms with Crippen LogP contribution in [0.15, 0.2) is 42.5 Å². The molecule has 0 bridgehead atoms. The van der Waals surface area contributed by atoms with Crippen molar-refractivity contribution in [2.75, 3.05) is 0 Å². The molecule has 0 heterocycles. The lowest BCUT2D eigenvalue weighted by Gasteiger charge is -2.03. The lowest BCUT2D eigenvalue weighted by Crippen LogP contribution is -2.03. The van der Waals surface area contributed by atoms with Crippen LogP contribution < -0.4 is 4.74 Å². The van der Waals surface area contributed by atoms with Crippen molar-refractivity contribution >= 4 is 5.97 Å². The zero-order valence-electron chi connectivity index (χ0n) is 18.9.